The van der Waals surface area contributed by atoms with Crippen molar-refractivity contribution in [3.8, 4) is 5.75 Å². The van der Waals surface area contributed by atoms with E-state index >= 15 is 0 Å². The van der Waals surface area contributed by atoms with E-state index in [2.05, 4.69) is 21.2 Å². The van der Waals surface area contributed by atoms with Crippen molar-refractivity contribution in [2.24, 2.45) is 0 Å². The van der Waals surface area contributed by atoms with Gasteiger partial charge < -0.3 is 15.0 Å². The molecule has 0 aromatic heterocycles. The van der Waals surface area contributed by atoms with Crippen molar-refractivity contribution < 1.29 is 14.3 Å². The molecular formula is C24H30N4O3. The second-order valence-electron chi connectivity index (χ2n) is 8.23. The molecule has 0 unspecified atom stereocenters. The summed E-state index contributed by atoms with van der Waals surface area (Å²) in [6.07, 6.45) is 0.927. The number of piperazine rings is 1. The summed E-state index contributed by atoms with van der Waals surface area (Å²) in [4.78, 5) is 31.6. The second kappa shape index (κ2) is 9.49. The van der Waals surface area contributed by atoms with Gasteiger partial charge in [-0.3, -0.25) is 19.4 Å². The van der Waals surface area contributed by atoms with Gasteiger partial charge in [-0.15, -0.1) is 0 Å². The Morgan fingerprint density at radius 2 is 1.68 bits per heavy atom. The van der Waals surface area contributed by atoms with Crippen LogP contribution < -0.4 is 15.0 Å². The van der Waals surface area contributed by atoms with Crippen molar-refractivity contribution in [1.29, 1.82) is 0 Å². The number of methoxy groups -OCH3 is 1. The average molecular weight is 423 g/mol. The molecule has 0 radical (unpaired) electrons. The Morgan fingerprint density at radius 3 is 2.42 bits per heavy atom. The van der Waals surface area contributed by atoms with E-state index in [-0.39, 0.29) is 11.8 Å². The lowest BCUT2D eigenvalue weighted by atomic mass is 10.2. The van der Waals surface area contributed by atoms with Crippen molar-refractivity contribution in [3.63, 3.8) is 0 Å². The third-order valence-electron chi connectivity index (χ3n) is 6.01. The Hall–Kier alpha value is -2.90. The van der Waals surface area contributed by atoms with Crippen molar-refractivity contribution in [3.05, 3.63) is 53.6 Å². The van der Waals surface area contributed by atoms with Crippen LogP contribution in [-0.4, -0.2) is 74.5 Å². The van der Waals surface area contributed by atoms with Crippen LogP contribution >= 0.6 is 0 Å². The molecule has 0 atom stereocenters. The van der Waals surface area contributed by atoms with Crippen LogP contribution in [0.5, 0.6) is 5.75 Å². The van der Waals surface area contributed by atoms with Crippen molar-refractivity contribution in [2.45, 2.75) is 13.3 Å². The van der Waals surface area contributed by atoms with Gasteiger partial charge in [0.2, 0.25) is 11.8 Å². The maximum Gasteiger partial charge on any atom is 0.241 e. The summed E-state index contributed by atoms with van der Waals surface area (Å²) in [7, 11) is 1.60. The first-order valence-electron chi connectivity index (χ1n) is 10.8. The van der Waals surface area contributed by atoms with Crippen LogP contribution in [-0.2, 0) is 16.0 Å². The minimum Gasteiger partial charge on any atom is -0.495 e. The van der Waals surface area contributed by atoms with Gasteiger partial charge >= 0.3 is 0 Å². The molecule has 0 bridgehead atoms. The number of nitrogens with one attached hydrogen (secondary N) is 1. The van der Waals surface area contributed by atoms with Crippen LogP contribution in [0.15, 0.2) is 42.5 Å². The maximum absolute atomic E-state index is 12.8. The number of carbonyl (C=O) groups excluding carboxylic acids is 2. The molecule has 1 fully saturated rings. The highest BCUT2D eigenvalue weighted by Gasteiger charge is 2.27. The molecular weight excluding hydrogens is 392 g/mol. The van der Waals surface area contributed by atoms with Gasteiger partial charge in [-0.1, -0.05) is 24.3 Å². The highest BCUT2D eigenvalue weighted by molar-refractivity contribution is 5.97. The van der Waals surface area contributed by atoms with Crippen LogP contribution in [0.3, 0.4) is 0 Å². The summed E-state index contributed by atoms with van der Waals surface area (Å²) < 4.78 is 5.34. The molecule has 7 nitrogen and oxygen atoms in total. The van der Waals surface area contributed by atoms with E-state index in [1.807, 2.05) is 48.2 Å². The average Bonchev–Trinajstić information content (AvgIpc) is 3.19. The number of hydrogen-bond donors (Lipinski definition) is 1. The van der Waals surface area contributed by atoms with Crippen molar-refractivity contribution in [1.82, 2.24) is 9.80 Å². The molecule has 2 aromatic rings. The number of fused-ring (bicyclic) bond motifs is 1. The highest BCUT2D eigenvalue weighted by atomic mass is 16.5. The van der Waals surface area contributed by atoms with Crippen LogP contribution in [0.1, 0.15) is 11.1 Å². The molecule has 7 heteroatoms. The van der Waals surface area contributed by atoms with E-state index < -0.39 is 0 Å². The Kier molecular flexibility index (Phi) is 6.53. The van der Waals surface area contributed by atoms with Crippen molar-refractivity contribution in [2.75, 3.05) is 63.1 Å². The zero-order chi connectivity index (χ0) is 21.8. The summed E-state index contributed by atoms with van der Waals surface area (Å²) in [5.74, 6) is 0.760. The number of amides is 2. The fraction of sp³-hybridized carbons (Fsp3) is 0.417. The van der Waals surface area contributed by atoms with Crippen LogP contribution in [0.25, 0.3) is 0 Å². The third-order valence-corrected chi connectivity index (χ3v) is 6.01. The normalized spacial score (nSPS) is 16.8. The maximum atomic E-state index is 12.8. The first kappa shape index (κ1) is 21.3. The topological polar surface area (TPSA) is 65.1 Å². The van der Waals surface area contributed by atoms with E-state index in [4.69, 9.17) is 4.74 Å². The lowest BCUT2D eigenvalue weighted by molar-refractivity contribution is -0.121. The summed E-state index contributed by atoms with van der Waals surface area (Å²) in [5.41, 5.74) is 4.06. The van der Waals surface area contributed by atoms with Gasteiger partial charge in [-0.2, -0.15) is 0 Å². The lowest BCUT2D eigenvalue weighted by Gasteiger charge is -2.34. The fourth-order valence-electron chi connectivity index (χ4n) is 4.29. The molecule has 0 spiro atoms. The fourth-order valence-corrected chi connectivity index (χ4v) is 4.29. The van der Waals surface area contributed by atoms with Gasteiger partial charge in [0.05, 0.1) is 25.9 Å². The lowest BCUT2D eigenvalue weighted by Crippen LogP contribution is -2.51. The molecule has 4 rings (SSSR count). The van der Waals surface area contributed by atoms with Gasteiger partial charge in [0.15, 0.2) is 0 Å². The van der Waals surface area contributed by atoms with Crippen molar-refractivity contribution >= 4 is 23.2 Å². The molecule has 2 aromatic carbocycles. The molecule has 0 aliphatic carbocycles. The monoisotopic (exact) mass is 422 g/mol. The zero-order valence-electron chi connectivity index (χ0n) is 18.3. The van der Waals surface area contributed by atoms with Crippen LogP contribution in [0.2, 0.25) is 0 Å². The molecule has 2 amide bonds. The molecule has 0 saturated carbocycles. The number of aryl methyl sites for hydroxylation is 1. The third kappa shape index (κ3) is 5.06. The zero-order valence-corrected chi connectivity index (χ0v) is 18.3. The number of hydrogen-bond acceptors (Lipinski definition) is 5. The van der Waals surface area contributed by atoms with Gasteiger partial charge in [0.1, 0.15) is 5.75 Å². The van der Waals surface area contributed by atoms with Gasteiger partial charge in [0, 0.05) is 38.4 Å². The minimum atomic E-state index is -0.0536. The Morgan fingerprint density at radius 1 is 0.968 bits per heavy atom. The Bertz CT molecular complexity index is 954. The number of rotatable bonds is 6. The van der Waals surface area contributed by atoms with E-state index in [1.165, 1.54) is 5.56 Å². The smallest absolute Gasteiger partial charge is 0.241 e. The number of carbonyl (C=O) groups is 2. The first-order valence-corrected chi connectivity index (χ1v) is 10.8. The van der Waals surface area contributed by atoms with Gasteiger partial charge in [-0.05, 0) is 42.7 Å². The van der Waals surface area contributed by atoms with E-state index in [0.717, 1.165) is 50.4 Å². The Balaban J connectivity index is 1.24. The molecule has 31 heavy (non-hydrogen) atoms. The number of nitrogens with zero attached hydrogens (tertiary/aromatic N) is 3. The predicted octanol–water partition coefficient (Wildman–Crippen LogP) is 2.15. The molecule has 1 saturated heterocycles. The minimum absolute atomic E-state index is 0.0536. The number of ether oxygens (including phenoxy) is 1. The standard InChI is InChI=1S/C24H30N4O3/c1-18-7-8-22(31-2)20(15-18)25-23(29)16-26-11-13-27(14-12-26)17-24(30)28-10-9-19-5-3-4-6-21(19)28/h3-8,15H,9-14,16-17H2,1-2H3,(H,25,29). The van der Waals surface area contributed by atoms with Crippen LogP contribution in [0.4, 0.5) is 11.4 Å². The van der Waals surface area contributed by atoms with Crippen LogP contribution in [0, 0.1) is 6.92 Å². The molecule has 1 N–H and O–H groups in total. The largest absolute Gasteiger partial charge is 0.495 e. The Labute approximate surface area is 183 Å². The van der Waals surface area contributed by atoms with E-state index in [9.17, 15) is 9.59 Å². The number of anilines is 2. The summed E-state index contributed by atoms with van der Waals surface area (Å²) in [5, 5.41) is 2.96. The summed E-state index contributed by atoms with van der Waals surface area (Å²) in [6, 6.07) is 13.9. The number of benzene rings is 2. The molecule has 2 aliphatic heterocycles. The summed E-state index contributed by atoms with van der Waals surface area (Å²) in [6.45, 7) is 6.60. The summed E-state index contributed by atoms with van der Waals surface area (Å²) >= 11 is 0. The highest BCUT2D eigenvalue weighted by Crippen LogP contribution is 2.27. The molecule has 2 aliphatic rings. The molecule has 2 heterocycles. The van der Waals surface area contributed by atoms with E-state index in [0.29, 0.717) is 24.5 Å². The number of para-hydroxylation sites is 1. The SMILES string of the molecule is COc1ccc(C)cc1NC(=O)CN1CCN(CC(=O)N2CCc3ccccc32)CC1. The quantitative estimate of drug-likeness (QED) is 0.773. The predicted molar refractivity (Wildman–Crippen MR) is 122 cm³/mol. The molecule has 164 valence electrons. The van der Waals surface area contributed by atoms with Gasteiger partial charge in [0.25, 0.3) is 0 Å². The first-order chi connectivity index (χ1) is 15.0. The van der Waals surface area contributed by atoms with E-state index in [1.54, 1.807) is 7.11 Å². The van der Waals surface area contributed by atoms with Gasteiger partial charge in [-0.25, -0.2) is 0 Å². The second-order valence-corrected chi connectivity index (χ2v) is 8.23.